The van der Waals surface area contributed by atoms with Crippen molar-refractivity contribution >= 4 is 84.8 Å². The minimum absolute atomic E-state index is 1.17. The monoisotopic (exact) mass is 607 g/mol. The Labute approximate surface area is 267 Å². The van der Waals surface area contributed by atoms with Crippen LogP contribution in [-0.4, -0.2) is 4.57 Å². The van der Waals surface area contributed by atoms with Crippen LogP contribution in [0.25, 0.3) is 90.1 Å². The average molecular weight is 608 g/mol. The van der Waals surface area contributed by atoms with Gasteiger partial charge in [0.2, 0.25) is 0 Å². The number of aromatic nitrogens is 1. The lowest BCUT2D eigenvalue weighted by atomic mass is 9.98. The second-order valence-electron chi connectivity index (χ2n) is 11.7. The lowest BCUT2D eigenvalue weighted by Gasteiger charge is -2.11. The van der Waals surface area contributed by atoms with Gasteiger partial charge in [0.1, 0.15) is 0 Å². The van der Waals surface area contributed by atoms with Gasteiger partial charge in [0.15, 0.2) is 0 Å². The van der Waals surface area contributed by atoms with E-state index in [1.165, 1.54) is 90.1 Å². The van der Waals surface area contributed by atoms with Crippen molar-refractivity contribution in [3.63, 3.8) is 0 Å². The van der Waals surface area contributed by atoms with E-state index in [1.54, 1.807) is 0 Å². The van der Waals surface area contributed by atoms with Crippen LogP contribution in [0.15, 0.2) is 152 Å². The summed E-state index contributed by atoms with van der Waals surface area (Å²) in [5.41, 5.74) is 8.70. The normalized spacial score (nSPS) is 12.0. The van der Waals surface area contributed by atoms with Crippen molar-refractivity contribution in [3.05, 3.63) is 152 Å². The van der Waals surface area contributed by atoms with Gasteiger partial charge in [-0.1, -0.05) is 97.1 Å². The quantitative estimate of drug-likeness (QED) is 0.188. The molecule has 3 heterocycles. The maximum Gasteiger partial charge on any atom is 0.0541 e. The minimum Gasteiger partial charge on any atom is -0.309 e. The Bertz CT molecular complexity index is 2760. The molecule has 45 heavy (non-hydrogen) atoms. The van der Waals surface area contributed by atoms with Crippen molar-refractivity contribution < 1.29 is 0 Å². The fourth-order valence-corrected chi connectivity index (χ4v) is 9.50. The van der Waals surface area contributed by atoms with Crippen molar-refractivity contribution in [1.82, 2.24) is 4.57 Å². The average Bonchev–Trinajstić information content (AvgIpc) is 3.77. The summed E-state index contributed by atoms with van der Waals surface area (Å²) in [7, 11) is 0. The van der Waals surface area contributed by atoms with Crippen LogP contribution in [0.3, 0.4) is 0 Å². The first kappa shape index (κ1) is 25.1. The van der Waals surface area contributed by atoms with Crippen LogP contribution in [-0.2, 0) is 0 Å². The molecule has 1 nitrogen and oxygen atoms in total. The summed E-state index contributed by atoms with van der Waals surface area (Å²) in [5.74, 6) is 0. The number of fused-ring (bicyclic) bond motifs is 9. The molecule has 0 radical (unpaired) electrons. The predicted molar refractivity (Wildman–Crippen MR) is 197 cm³/mol. The van der Waals surface area contributed by atoms with Gasteiger partial charge < -0.3 is 4.57 Å². The first-order valence-corrected chi connectivity index (χ1v) is 16.9. The minimum atomic E-state index is 1.17. The second kappa shape index (κ2) is 9.64. The Morgan fingerprint density at radius 1 is 0.356 bits per heavy atom. The van der Waals surface area contributed by atoms with Crippen molar-refractivity contribution in [1.29, 1.82) is 0 Å². The zero-order valence-electron chi connectivity index (χ0n) is 24.2. The maximum absolute atomic E-state index is 2.42. The summed E-state index contributed by atoms with van der Waals surface area (Å²) in [6.07, 6.45) is 0. The highest BCUT2D eigenvalue weighted by Crippen LogP contribution is 2.43. The number of hydrogen-bond donors (Lipinski definition) is 0. The van der Waals surface area contributed by atoms with Gasteiger partial charge >= 0.3 is 0 Å². The summed E-state index contributed by atoms with van der Waals surface area (Å²) < 4.78 is 7.76. The van der Waals surface area contributed by atoms with Crippen molar-refractivity contribution in [3.8, 4) is 27.9 Å². The maximum atomic E-state index is 2.42. The van der Waals surface area contributed by atoms with E-state index < -0.39 is 0 Å². The van der Waals surface area contributed by atoms with Gasteiger partial charge in [-0.2, -0.15) is 0 Å². The highest BCUT2D eigenvalue weighted by atomic mass is 32.1. The molecule has 0 saturated carbocycles. The molecular formula is C42H25NS2. The van der Waals surface area contributed by atoms with Gasteiger partial charge in [-0.15, -0.1) is 22.7 Å². The molecule has 0 amide bonds. The first-order chi connectivity index (χ1) is 22.3. The number of thiophene rings is 2. The van der Waals surface area contributed by atoms with E-state index in [0.717, 1.165) is 0 Å². The summed E-state index contributed by atoms with van der Waals surface area (Å²) >= 11 is 3.75. The zero-order valence-corrected chi connectivity index (χ0v) is 25.8. The zero-order chi connectivity index (χ0) is 29.5. The molecule has 0 fully saturated rings. The van der Waals surface area contributed by atoms with Gasteiger partial charge in [0.05, 0.1) is 11.0 Å². The fourth-order valence-electron chi connectivity index (χ4n) is 7.24. The van der Waals surface area contributed by atoms with Crippen LogP contribution in [0, 0.1) is 0 Å². The van der Waals surface area contributed by atoms with Crippen molar-refractivity contribution in [2.24, 2.45) is 0 Å². The van der Waals surface area contributed by atoms with Crippen LogP contribution >= 0.6 is 22.7 Å². The predicted octanol–water partition coefficient (Wildman–Crippen LogP) is 12.9. The Kier molecular flexibility index (Phi) is 5.39. The molecule has 3 heteroatoms. The third-order valence-electron chi connectivity index (χ3n) is 9.23. The van der Waals surface area contributed by atoms with E-state index in [9.17, 15) is 0 Å². The molecular weight excluding hydrogens is 583 g/mol. The van der Waals surface area contributed by atoms with Gasteiger partial charge in [-0.05, 0) is 76.9 Å². The SMILES string of the molecule is c1ccc2c(c1)sc1cccc(-c3ccc(-n4c5ccccc5c5cc(-c6cccc7sc8ccccc8c67)ccc54)cc3)c12. The number of hydrogen-bond acceptors (Lipinski definition) is 2. The highest BCUT2D eigenvalue weighted by Gasteiger charge is 2.16. The Morgan fingerprint density at radius 2 is 0.867 bits per heavy atom. The molecule has 7 aromatic carbocycles. The number of nitrogens with zero attached hydrogens (tertiary/aromatic N) is 1. The molecule has 0 unspecified atom stereocenters. The lowest BCUT2D eigenvalue weighted by Crippen LogP contribution is -1.93. The van der Waals surface area contributed by atoms with Crippen LogP contribution in [0.4, 0.5) is 0 Å². The summed E-state index contributed by atoms with van der Waals surface area (Å²) in [5, 5.41) is 7.92. The largest absolute Gasteiger partial charge is 0.309 e. The van der Waals surface area contributed by atoms with Gasteiger partial charge in [-0.25, -0.2) is 0 Å². The summed E-state index contributed by atoms with van der Waals surface area (Å²) in [6.45, 7) is 0. The molecule has 0 saturated heterocycles. The third kappa shape index (κ3) is 3.72. The van der Waals surface area contributed by atoms with E-state index >= 15 is 0 Å². The molecule has 0 bridgehead atoms. The first-order valence-electron chi connectivity index (χ1n) is 15.3. The Balaban J connectivity index is 1.14. The van der Waals surface area contributed by atoms with Crippen LogP contribution in [0.2, 0.25) is 0 Å². The molecule has 0 aliphatic heterocycles. The van der Waals surface area contributed by atoms with Crippen LogP contribution < -0.4 is 0 Å². The van der Waals surface area contributed by atoms with E-state index in [2.05, 4.69) is 156 Å². The Morgan fingerprint density at radius 3 is 1.53 bits per heavy atom. The van der Waals surface area contributed by atoms with E-state index in [0.29, 0.717) is 0 Å². The highest BCUT2D eigenvalue weighted by molar-refractivity contribution is 7.26. The van der Waals surface area contributed by atoms with Crippen LogP contribution in [0.1, 0.15) is 0 Å². The van der Waals surface area contributed by atoms with Gasteiger partial charge in [-0.3, -0.25) is 0 Å². The molecule has 0 atom stereocenters. The summed E-state index contributed by atoms with van der Waals surface area (Å²) in [6, 6.07) is 55.9. The Hall–Kier alpha value is -5.22. The molecule has 0 spiro atoms. The second-order valence-corrected chi connectivity index (χ2v) is 13.9. The molecule has 0 aliphatic rings. The molecule has 3 aromatic heterocycles. The topological polar surface area (TPSA) is 4.93 Å². The molecule has 210 valence electrons. The standard InChI is InChI=1S/C42H25NS2/c1-4-14-35-31(9-1)34-25-27(30-13-8-18-40-42(30)33-11-3-6-16-38(33)45-40)21-24-36(34)43(35)28-22-19-26(20-23-28)29-12-7-17-39-41(29)32-10-2-5-15-37(32)44-39/h1-25H. The van der Waals surface area contributed by atoms with Gasteiger partial charge in [0, 0.05) is 56.8 Å². The number of rotatable bonds is 3. The lowest BCUT2D eigenvalue weighted by molar-refractivity contribution is 1.18. The summed E-state index contributed by atoms with van der Waals surface area (Å²) in [4.78, 5) is 0. The van der Waals surface area contributed by atoms with Crippen LogP contribution in [0.5, 0.6) is 0 Å². The molecule has 10 aromatic rings. The molecule has 0 N–H and O–H groups in total. The molecule has 10 rings (SSSR count). The van der Waals surface area contributed by atoms with Crippen molar-refractivity contribution in [2.75, 3.05) is 0 Å². The smallest absolute Gasteiger partial charge is 0.0541 e. The third-order valence-corrected chi connectivity index (χ3v) is 11.5. The van der Waals surface area contributed by atoms with E-state index in [4.69, 9.17) is 0 Å². The fraction of sp³-hybridized carbons (Fsp3) is 0. The van der Waals surface area contributed by atoms with Crippen molar-refractivity contribution in [2.45, 2.75) is 0 Å². The van der Waals surface area contributed by atoms with E-state index in [1.807, 2.05) is 22.7 Å². The van der Waals surface area contributed by atoms with Gasteiger partial charge in [0.25, 0.3) is 0 Å². The number of para-hydroxylation sites is 1. The number of benzene rings is 7. The molecule has 0 aliphatic carbocycles. The van der Waals surface area contributed by atoms with E-state index in [-0.39, 0.29) is 0 Å².